The second-order valence-corrected chi connectivity index (χ2v) is 6.16. The maximum Gasteiger partial charge on any atom is 0.126 e. The topological polar surface area (TPSA) is 21.3 Å². The molecule has 2 heterocycles. The molecule has 3 heteroatoms. The van der Waals surface area contributed by atoms with Crippen molar-refractivity contribution in [3.63, 3.8) is 0 Å². The number of piperidine rings is 1. The molecule has 1 spiro atoms. The first-order valence-electron chi connectivity index (χ1n) is 6.37. The number of hydrogen-bond donors (Lipinski definition) is 1. The fraction of sp³-hybridized carbons (Fsp3) is 0.571. The summed E-state index contributed by atoms with van der Waals surface area (Å²) >= 11 is 3.56. The van der Waals surface area contributed by atoms with Crippen molar-refractivity contribution in [1.29, 1.82) is 0 Å². The van der Waals surface area contributed by atoms with Crippen LogP contribution in [-0.2, 0) is 6.42 Å². The molecule has 1 fully saturated rings. The summed E-state index contributed by atoms with van der Waals surface area (Å²) < 4.78 is 7.55. The first kappa shape index (κ1) is 11.5. The molecule has 1 aromatic rings. The van der Waals surface area contributed by atoms with Gasteiger partial charge in [0.15, 0.2) is 0 Å². The van der Waals surface area contributed by atoms with Crippen LogP contribution >= 0.6 is 15.9 Å². The molecule has 0 atom stereocenters. The van der Waals surface area contributed by atoms with Crippen LogP contribution in [0.25, 0.3) is 0 Å². The normalized spacial score (nSPS) is 22.0. The Balaban J connectivity index is 1.94. The maximum absolute atomic E-state index is 6.39. The van der Waals surface area contributed by atoms with Gasteiger partial charge in [-0.2, -0.15) is 0 Å². The van der Waals surface area contributed by atoms with Crippen LogP contribution in [0.15, 0.2) is 16.6 Å². The lowest BCUT2D eigenvalue weighted by molar-refractivity contribution is 0.0163. The SMILES string of the molecule is Cc1cc(Br)cc2c1OC1(CCNCC1)CC2. The van der Waals surface area contributed by atoms with Gasteiger partial charge in [0.05, 0.1) is 0 Å². The zero-order valence-corrected chi connectivity index (χ0v) is 11.8. The first-order valence-corrected chi connectivity index (χ1v) is 7.17. The van der Waals surface area contributed by atoms with Crippen molar-refractivity contribution in [2.24, 2.45) is 0 Å². The minimum absolute atomic E-state index is 0.108. The van der Waals surface area contributed by atoms with Gasteiger partial charge in [-0.3, -0.25) is 0 Å². The molecule has 0 aromatic heterocycles. The molecule has 0 amide bonds. The molecule has 1 N–H and O–H groups in total. The predicted octanol–water partition coefficient (Wildman–Crippen LogP) is 3.20. The first-order chi connectivity index (χ1) is 8.19. The van der Waals surface area contributed by atoms with Crippen molar-refractivity contribution in [1.82, 2.24) is 5.32 Å². The highest BCUT2D eigenvalue weighted by atomic mass is 79.9. The Morgan fingerprint density at radius 1 is 1.24 bits per heavy atom. The minimum atomic E-state index is 0.108. The van der Waals surface area contributed by atoms with Crippen LogP contribution in [0.3, 0.4) is 0 Å². The highest BCUT2D eigenvalue weighted by Crippen LogP contribution is 2.41. The standard InChI is InChI=1S/C14H18BrNO/c1-10-8-12(15)9-11-2-3-14(17-13(10)11)4-6-16-7-5-14/h8-9,16H,2-7H2,1H3. The largest absolute Gasteiger partial charge is 0.487 e. The summed E-state index contributed by atoms with van der Waals surface area (Å²) in [7, 11) is 0. The van der Waals surface area contributed by atoms with Crippen LogP contribution in [0.2, 0.25) is 0 Å². The molecule has 0 saturated carbocycles. The van der Waals surface area contributed by atoms with Crippen molar-refractivity contribution >= 4 is 15.9 Å². The Morgan fingerprint density at radius 3 is 2.76 bits per heavy atom. The second-order valence-electron chi connectivity index (χ2n) is 5.25. The number of rotatable bonds is 0. The van der Waals surface area contributed by atoms with Gasteiger partial charge in [0, 0.05) is 4.47 Å². The highest BCUT2D eigenvalue weighted by Gasteiger charge is 2.37. The molecule has 0 unspecified atom stereocenters. The van der Waals surface area contributed by atoms with Crippen LogP contribution < -0.4 is 10.1 Å². The van der Waals surface area contributed by atoms with Crippen LogP contribution in [0.1, 0.15) is 30.4 Å². The monoisotopic (exact) mass is 295 g/mol. The van der Waals surface area contributed by atoms with E-state index in [-0.39, 0.29) is 5.60 Å². The highest BCUT2D eigenvalue weighted by molar-refractivity contribution is 9.10. The zero-order valence-electron chi connectivity index (χ0n) is 10.2. The number of hydrogen-bond acceptors (Lipinski definition) is 2. The molecule has 92 valence electrons. The summed E-state index contributed by atoms with van der Waals surface area (Å²) in [4.78, 5) is 0. The van der Waals surface area contributed by atoms with Gasteiger partial charge in [-0.05, 0) is 69.0 Å². The van der Waals surface area contributed by atoms with E-state index < -0.39 is 0 Å². The van der Waals surface area contributed by atoms with E-state index in [1.54, 1.807) is 0 Å². The smallest absolute Gasteiger partial charge is 0.126 e. The van der Waals surface area contributed by atoms with E-state index in [0.29, 0.717) is 0 Å². The Kier molecular flexibility index (Phi) is 2.91. The molecule has 0 aliphatic carbocycles. The van der Waals surface area contributed by atoms with E-state index in [1.165, 1.54) is 15.6 Å². The molecule has 0 bridgehead atoms. The summed E-state index contributed by atoms with van der Waals surface area (Å²) in [6.45, 7) is 4.32. The second kappa shape index (κ2) is 4.29. The van der Waals surface area contributed by atoms with Gasteiger partial charge < -0.3 is 10.1 Å². The lowest BCUT2D eigenvalue weighted by Crippen LogP contribution is -2.48. The molecule has 3 rings (SSSR count). The molecule has 0 radical (unpaired) electrons. The van der Waals surface area contributed by atoms with Crippen LogP contribution in [-0.4, -0.2) is 18.7 Å². The Labute approximate surface area is 111 Å². The predicted molar refractivity (Wildman–Crippen MR) is 72.7 cm³/mol. The van der Waals surface area contributed by atoms with Gasteiger partial charge >= 0.3 is 0 Å². The number of fused-ring (bicyclic) bond motifs is 1. The van der Waals surface area contributed by atoms with E-state index in [0.717, 1.165) is 44.5 Å². The lowest BCUT2D eigenvalue weighted by Gasteiger charge is -2.42. The van der Waals surface area contributed by atoms with Crippen molar-refractivity contribution in [3.05, 3.63) is 27.7 Å². The van der Waals surface area contributed by atoms with Crippen LogP contribution in [0, 0.1) is 6.92 Å². The molecule has 2 nitrogen and oxygen atoms in total. The van der Waals surface area contributed by atoms with E-state index in [1.807, 2.05) is 0 Å². The van der Waals surface area contributed by atoms with E-state index >= 15 is 0 Å². The van der Waals surface area contributed by atoms with Gasteiger partial charge in [0.2, 0.25) is 0 Å². The Bertz CT molecular complexity index is 438. The zero-order chi connectivity index (χ0) is 11.9. The van der Waals surface area contributed by atoms with Crippen LogP contribution in [0.4, 0.5) is 0 Å². The van der Waals surface area contributed by atoms with Crippen LogP contribution in [0.5, 0.6) is 5.75 Å². The minimum Gasteiger partial charge on any atom is -0.487 e. The van der Waals surface area contributed by atoms with Gasteiger partial charge in [0.1, 0.15) is 11.4 Å². The van der Waals surface area contributed by atoms with Crippen molar-refractivity contribution in [3.8, 4) is 5.75 Å². The molecule has 1 aromatic carbocycles. The number of benzene rings is 1. The number of ether oxygens (including phenoxy) is 1. The third-order valence-corrected chi connectivity index (χ3v) is 4.46. The summed E-state index contributed by atoms with van der Waals surface area (Å²) in [6, 6.07) is 4.36. The van der Waals surface area contributed by atoms with E-state index in [2.05, 4.69) is 40.3 Å². The van der Waals surface area contributed by atoms with E-state index in [4.69, 9.17) is 4.74 Å². The van der Waals surface area contributed by atoms with Crippen molar-refractivity contribution < 1.29 is 4.74 Å². The summed E-state index contributed by atoms with van der Waals surface area (Å²) in [5.41, 5.74) is 2.73. The van der Waals surface area contributed by atoms with Crippen molar-refractivity contribution in [2.45, 2.75) is 38.2 Å². The van der Waals surface area contributed by atoms with Gasteiger partial charge in [-0.15, -0.1) is 0 Å². The lowest BCUT2D eigenvalue weighted by atomic mass is 9.83. The molecule has 17 heavy (non-hydrogen) atoms. The third-order valence-electron chi connectivity index (χ3n) is 4.00. The summed E-state index contributed by atoms with van der Waals surface area (Å²) in [6.07, 6.45) is 4.59. The fourth-order valence-corrected chi connectivity index (χ4v) is 3.62. The van der Waals surface area contributed by atoms with Gasteiger partial charge in [-0.25, -0.2) is 0 Å². The maximum atomic E-state index is 6.39. The molecular weight excluding hydrogens is 278 g/mol. The van der Waals surface area contributed by atoms with Gasteiger partial charge in [0.25, 0.3) is 0 Å². The number of aryl methyl sites for hydroxylation is 2. The molecule has 2 aliphatic rings. The van der Waals surface area contributed by atoms with E-state index in [9.17, 15) is 0 Å². The summed E-state index contributed by atoms with van der Waals surface area (Å²) in [5, 5.41) is 3.42. The van der Waals surface area contributed by atoms with Gasteiger partial charge in [-0.1, -0.05) is 15.9 Å². The molecule has 2 aliphatic heterocycles. The third kappa shape index (κ3) is 2.11. The number of halogens is 1. The molecule has 1 saturated heterocycles. The van der Waals surface area contributed by atoms with Crippen molar-refractivity contribution in [2.75, 3.05) is 13.1 Å². The molecular formula is C14H18BrNO. The Morgan fingerprint density at radius 2 is 2.00 bits per heavy atom. The average Bonchev–Trinajstić information content (AvgIpc) is 2.32. The average molecular weight is 296 g/mol. The quantitative estimate of drug-likeness (QED) is 0.794. The fourth-order valence-electron chi connectivity index (χ4n) is 3.00. The summed E-state index contributed by atoms with van der Waals surface area (Å²) in [5.74, 6) is 1.14. The number of nitrogens with one attached hydrogen (secondary N) is 1. The Hall–Kier alpha value is -0.540.